The molecule has 0 amide bonds. The largest absolute Gasteiger partial charge is 2.00 e. The normalized spacial score (nSPS) is 8.83. The Balaban J connectivity index is 0.00000121. The fraction of sp³-hybridized carbons (Fsp3) is 0.200. The third-order valence-corrected chi connectivity index (χ3v) is 1.66. The molecule has 0 heterocycles. The van der Waals surface area contributed by atoms with E-state index in [2.05, 4.69) is 13.0 Å². The SMILES string of the molecule is [CH2-]Cc1[c-]cc(C)c(C=O)c1.[Yb+2]. The molecule has 0 aliphatic rings. The van der Waals surface area contributed by atoms with Gasteiger partial charge in [-0.15, -0.1) is 5.56 Å². The van der Waals surface area contributed by atoms with Crippen LogP contribution in [0, 0.1) is 66.8 Å². The number of rotatable bonds is 2. The van der Waals surface area contributed by atoms with E-state index in [-0.39, 0.29) is 46.9 Å². The van der Waals surface area contributed by atoms with E-state index in [9.17, 15) is 4.79 Å². The van der Waals surface area contributed by atoms with Crippen LogP contribution in [0.25, 0.3) is 0 Å². The van der Waals surface area contributed by atoms with Crippen molar-refractivity contribution in [3.05, 3.63) is 41.8 Å². The van der Waals surface area contributed by atoms with Gasteiger partial charge in [-0.05, 0) is 0 Å². The summed E-state index contributed by atoms with van der Waals surface area (Å²) in [6.07, 6.45) is 1.55. The second kappa shape index (κ2) is 5.95. The topological polar surface area (TPSA) is 17.1 Å². The predicted molar refractivity (Wildman–Crippen MR) is 44.5 cm³/mol. The van der Waals surface area contributed by atoms with Gasteiger partial charge in [-0.25, -0.2) is 0 Å². The summed E-state index contributed by atoms with van der Waals surface area (Å²) < 4.78 is 0. The van der Waals surface area contributed by atoms with Gasteiger partial charge in [0.2, 0.25) is 0 Å². The molecule has 2 heteroatoms. The molecular weight excluding hydrogens is 309 g/mol. The second-order valence-electron chi connectivity index (χ2n) is 2.46. The maximum atomic E-state index is 10.5. The van der Waals surface area contributed by atoms with Crippen molar-refractivity contribution in [2.45, 2.75) is 13.3 Å². The molecule has 1 nitrogen and oxygen atoms in total. The Morgan fingerprint density at radius 3 is 2.83 bits per heavy atom. The molecule has 1 rings (SSSR count). The molecule has 0 N–H and O–H groups in total. The average Bonchev–Trinajstić information content (AvgIpc) is 2.05. The summed E-state index contributed by atoms with van der Waals surface area (Å²) in [5, 5.41) is 0. The predicted octanol–water partition coefficient (Wildman–Crippen LogP) is 1.98. The number of benzene rings is 1. The molecule has 70 valence electrons. The molecule has 0 atom stereocenters. The van der Waals surface area contributed by atoms with E-state index in [1.165, 1.54) is 0 Å². The molecule has 0 saturated carbocycles. The summed E-state index contributed by atoms with van der Waals surface area (Å²) in [6, 6.07) is 6.69. The van der Waals surface area contributed by atoms with Crippen molar-refractivity contribution in [1.82, 2.24) is 0 Å². The number of aryl methyl sites for hydroxylation is 1. The average molecular weight is 319 g/mol. The summed E-state index contributed by atoms with van der Waals surface area (Å²) in [4.78, 5) is 10.5. The van der Waals surface area contributed by atoms with Gasteiger partial charge in [0.05, 0.1) is 0 Å². The molecule has 0 fully saturated rings. The number of carbonyl (C=O) groups is 1. The van der Waals surface area contributed by atoms with E-state index >= 15 is 0 Å². The van der Waals surface area contributed by atoms with E-state index in [0.717, 1.165) is 23.0 Å². The van der Waals surface area contributed by atoms with Crippen LogP contribution in [0.2, 0.25) is 0 Å². The Labute approximate surface area is 112 Å². The quantitative estimate of drug-likeness (QED) is 0.602. The van der Waals surface area contributed by atoms with Gasteiger partial charge in [-0.2, -0.15) is 30.2 Å². The zero-order chi connectivity index (χ0) is 8.27. The van der Waals surface area contributed by atoms with Gasteiger partial charge in [0, 0.05) is 0 Å². The first kappa shape index (κ1) is 12.4. The van der Waals surface area contributed by atoms with Crippen LogP contribution in [0.15, 0.2) is 12.1 Å². The first-order valence-corrected chi connectivity index (χ1v) is 3.53. The Morgan fingerprint density at radius 1 is 1.67 bits per heavy atom. The first-order valence-electron chi connectivity index (χ1n) is 3.53. The van der Waals surface area contributed by atoms with Crippen molar-refractivity contribution in [3.8, 4) is 0 Å². The first-order chi connectivity index (χ1) is 5.27. The van der Waals surface area contributed by atoms with Crippen LogP contribution >= 0.6 is 0 Å². The third kappa shape index (κ3) is 3.04. The van der Waals surface area contributed by atoms with Gasteiger partial charge in [-0.1, -0.05) is 12.5 Å². The van der Waals surface area contributed by atoms with Crippen molar-refractivity contribution in [2.75, 3.05) is 0 Å². The smallest absolute Gasteiger partial charge is 0.341 e. The monoisotopic (exact) mass is 320 g/mol. The van der Waals surface area contributed by atoms with E-state index in [1.54, 1.807) is 0 Å². The van der Waals surface area contributed by atoms with E-state index in [4.69, 9.17) is 0 Å². The fourth-order valence-corrected chi connectivity index (χ4v) is 0.899. The van der Waals surface area contributed by atoms with Gasteiger partial charge in [0.1, 0.15) is 6.29 Å². The summed E-state index contributed by atoms with van der Waals surface area (Å²) in [6.45, 7) is 5.61. The summed E-state index contributed by atoms with van der Waals surface area (Å²) in [7, 11) is 0. The van der Waals surface area contributed by atoms with Gasteiger partial charge in [0.15, 0.2) is 0 Å². The van der Waals surface area contributed by atoms with Gasteiger partial charge in [-0.3, -0.25) is 0 Å². The molecule has 0 aliphatic heterocycles. The van der Waals surface area contributed by atoms with Crippen LogP contribution in [0.1, 0.15) is 21.5 Å². The molecule has 0 radical (unpaired) electrons. The summed E-state index contributed by atoms with van der Waals surface area (Å²) in [5.74, 6) is 0. The van der Waals surface area contributed by atoms with Crippen molar-refractivity contribution in [3.63, 3.8) is 0 Å². The minimum atomic E-state index is 0. The Hall–Kier alpha value is 0.409. The van der Waals surface area contributed by atoms with Crippen LogP contribution in [0.4, 0.5) is 0 Å². The Bertz CT molecular complexity index is 269. The molecular formula is C10H10OYb. The number of aldehydes is 1. The maximum Gasteiger partial charge on any atom is 2.00 e. The Kier molecular flexibility index (Phi) is 6.16. The molecule has 12 heavy (non-hydrogen) atoms. The van der Waals surface area contributed by atoms with Gasteiger partial charge >= 0.3 is 46.9 Å². The standard InChI is InChI=1S/C10H10O.Yb/c1-3-9-5-4-8(2)10(6-9)7-11;/h4,6-7H,1,3H2,2H3;/q-2;+2. The molecule has 1 aromatic rings. The fourth-order valence-electron chi connectivity index (χ4n) is 0.899. The minimum Gasteiger partial charge on any atom is -0.341 e. The maximum absolute atomic E-state index is 10.5. The van der Waals surface area contributed by atoms with E-state index in [1.807, 2.05) is 19.1 Å². The third-order valence-electron chi connectivity index (χ3n) is 1.66. The van der Waals surface area contributed by atoms with Crippen LogP contribution in [-0.4, -0.2) is 6.29 Å². The zero-order valence-electron chi connectivity index (χ0n) is 6.82. The summed E-state index contributed by atoms with van der Waals surface area (Å²) >= 11 is 0. The van der Waals surface area contributed by atoms with E-state index < -0.39 is 0 Å². The molecule has 1 aromatic carbocycles. The van der Waals surface area contributed by atoms with Crippen molar-refractivity contribution in [2.24, 2.45) is 0 Å². The van der Waals surface area contributed by atoms with Crippen molar-refractivity contribution in [1.29, 1.82) is 0 Å². The number of hydrogen-bond donors (Lipinski definition) is 0. The molecule has 0 aromatic heterocycles. The van der Waals surface area contributed by atoms with Crippen LogP contribution in [0.5, 0.6) is 0 Å². The minimum absolute atomic E-state index is 0. The zero-order valence-corrected chi connectivity index (χ0v) is 8.54. The number of hydrogen-bond acceptors (Lipinski definition) is 1. The molecule has 0 saturated heterocycles. The van der Waals surface area contributed by atoms with Crippen molar-refractivity contribution >= 4 is 6.29 Å². The second-order valence-corrected chi connectivity index (χ2v) is 2.46. The molecule has 0 spiro atoms. The summed E-state index contributed by atoms with van der Waals surface area (Å²) in [5.41, 5.74) is 2.69. The van der Waals surface area contributed by atoms with Crippen LogP contribution < -0.4 is 0 Å². The Morgan fingerprint density at radius 2 is 2.33 bits per heavy atom. The van der Waals surface area contributed by atoms with Gasteiger partial charge in [0.25, 0.3) is 0 Å². The van der Waals surface area contributed by atoms with Crippen LogP contribution in [-0.2, 0) is 6.42 Å². The van der Waals surface area contributed by atoms with E-state index in [0.29, 0.717) is 6.42 Å². The molecule has 0 aliphatic carbocycles. The molecule has 0 unspecified atom stereocenters. The molecule has 0 bridgehead atoms. The van der Waals surface area contributed by atoms with Crippen LogP contribution in [0.3, 0.4) is 0 Å². The van der Waals surface area contributed by atoms with Gasteiger partial charge < -0.3 is 11.7 Å². The number of carbonyl (C=O) groups excluding carboxylic acids is 1. The van der Waals surface area contributed by atoms with Crippen molar-refractivity contribution < 1.29 is 51.7 Å².